The van der Waals surface area contributed by atoms with Gasteiger partial charge in [-0.25, -0.2) is 4.39 Å². The average molecular weight is 537 g/mol. The van der Waals surface area contributed by atoms with Crippen molar-refractivity contribution < 1.29 is 43.6 Å². The zero-order chi connectivity index (χ0) is 28.7. The van der Waals surface area contributed by atoms with Crippen molar-refractivity contribution >= 4 is 23.5 Å². The molecule has 0 amide bonds. The first-order chi connectivity index (χ1) is 17.6. The zero-order valence-corrected chi connectivity index (χ0v) is 23.0. The highest BCUT2D eigenvalue weighted by Crippen LogP contribution is 2.70. The number of alkyl halides is 1. The Morgan fingerprint density at radius 2 is 1.87 bits per heavy atom. The molecule has 0 saturated heterocycles. The second kappa shape index (κ2) is 10.6. The van der Waals surface area contributed by atoms with Crippen LogP contribution >= 0.6 is 0 Å². The first-order valence-corrected chi connectivity index (χ1v) is 13.5. The first kappa shape index (κ1) is 30.2. The normalized spacial score (nSPS) is 41.1. The number of allylic oxidation sites excluding steroid dienone is 4. The van der Waals surface area contributed by atoms with Crippen molar-refractivity contribution in [2.24, 2.45) is 28.6 Å². The van der Waals surface area contributed by atoms with Crippen molar-refractivity contribution in [2.75, 3.05) is 6.61 Å². The second-order valence-electron chi connectivity index (χ2n) is 11.9. The summed E-state index contributed by atoms with van der Waals surface area (Å²) in [4.78, 5) is 45.9. The molecule has 4 aliphatic carbocycles. The van der Waals surface area contributed by atoms with E-state index in [0.29, 0.717) is 31.3 Å². The highest BCUT2D eigenvalue weighted by Gasteiger charge is 2.75. The quantitative estimate of drug-likeness (QED) is 0.437. The van der Waals surface area contributed by atoms with Crippen LogP contribution in [-0.2, 0) is 23.9 Å². The van der Waals surface area contributed by atoms with Crippen molar-refractivity contribution in [1.29, 1.82) is 0 Å². The van der Waals surface area contributed by atoms with Gasteiger partial charge in [0.1, 0.15) is 5.60 Å². The average Bonchev–Trinajstić information content (AvgIpc) is 3.04. The number of ether oxygens (including phenoxy) is 1. The van der Waals surface area contributed by atoms with Crippen LogP contribution in [0, 0.1) is 28.6 Å². The molecule has 8 atom stereocenters. The van der Waals surface area contributed by atoms with Crippen LogP contribution < -0.4 is 0 Å². The number of Topliss-reactive ketones (excluding diaryl/α,β-unsaturated/α-hetero) is 1. The monoisotopic (exact) mass is 536 g/mol. The number of carbonyl (C=O) groups excluding carboxylic acids is 3. The molecule has 212 valence electrons. The standard InChI is InChI=1S/C24H31FO6.C5H10O2/c1-13-9-18-17-6-5-15-10-16(27)7-8-21(15,3)23(17,25)19(28)11-22(18,4)24(13,30)20(29)12-31-14(2)26;1-2-3-4-5(6)7/h7-8,10,13,17-19,28,30H,5-6,9,11-12H2,1-4H3;2-4H2,1H3,(H,6,7)/t13-,17+,18+,19+,21+,22+,23+,24+;/m1./s1. The van der Waals surface area contributed by atoms with Gasteiger partial charge in [-0.1, -0.05) is 38.8 Å². The van der Waals surface area contributed by atoms with Gasteiger partial charge < -0.3 is 20.1 Å². The Bertz CT molecular complexity index is 1050. The minimum atomic E-state index is -2.01. The van der Waals surface area contributed by atoms with Crippen LogP contribution in [0.5, 0.6) is 0 Å². The largest absolute Gasteiger partial charge is 0.481 e. The lowest BCUT2D eigenvalue weighted by atomic mass is 9.44. The number of aliphatic hydroxyl groups excluding tert-OH is 1. The smallest absolute Gasteiger partial charge is 0.303 e. The number of aliphatic hydroxyl groups is 2. The molecule has 8 nitrogen and oxygen atoms in total. The van der Waals surface area contributed by atoms with E-state index in [1.807, 2.05) is 6.92 Å². The molecule has 4 rings (SSSR count). The first-order valence-electron chi connectivity index (χ1n) is 13.5. The summed E-state index contributed by atoms with van der Waals surface area (Å²) in [6.07, 6.45) is 6.37. The maximum atomic E-state index is 17.0. The Morgan fingerprint density at radius 3 is 2.42 bits per heavy atom. The van der Waals surface area contributed by atoms with Gasteiger partial charge in [-0.15, -0.1) is 0 Å². The molecule has 0 bridgehead atoms. The molecular formula is C29H41FO8. The van der Waals surface area contributed by atoms with E-state index in [9.17, 15) is 29.4 Å². The second-order valence-corrected chi connectivity index (χ2v) is 11.9. The number of carboxylic acid groups (broad SMARTS) is 1. The van der Waals surface area contributed by atoms with E-state index >= 15 is 4.39 Å². The Labute approximate surface area is 223 Å². The summed E-state index contributed by atoms with van der Waals surface area (Å²) in [5, 5.41) is 31.0. The van der Waals surface area contributed by atoms with Gasteiger partial charge in [-0.3, -0.25) is 19.2 Å². The van der Waals surface area contributed by atoms with E-state index in [-0.39, 0.29) is 18.1 Å². The lowest BCUT2D eigenvalue weighted by Crippen LogP contribution is -2.69. The Kier molecular flexibility index (Phi) is 8.45. The minimum Gasteiger partial charge on any atom is -0.481 e. The van der Waals surface area contributed by atoms with Crippen molar-refractivity contribution in [3.05, 3.63) is 23.8 Å². The number of esters is 1. The SMILES string of the molecule is CC(=O)OCC(=O)[C@@]1(O)[C@H](C)C[C@H]2[C@@H]3CCC4=CC(=O)C=C[C@]4(C)[C@@]3(F)[C@@H](O)C[C@@]21C.CCCCC(=O)O. The molecule has 4 aliphatic rings. The Morgan fingerprint density at radius 1 is 1.21 bits per heavy atom. The summed E-state index contributed by atoms with van der Waals surface area (Å²) in [5.41, 5.74) is -5.33. The van der Waals surface area contributed by atoms with Crippen LogP contribution in [0.15, 0.2) is 23.8 Å². The fourth-order valence-corrected chi connectivity index (χ4v) is 7.75. The molecular weight excluding hydrogens is 495 g/mol. The molecule has 0 aliphatic heterocycles. The Hall–Kier alpha value is -2.39. The molecule has 0 unspecified atom stereocenters. The molecule has 0 aromatic heterocycles. The lowest BCUT2D eigenvalue weighted by Gasteiger charge is -2.62. The number of aliphatic carboxylic acids is 1. The molecule has 0 aromatic carbocycles. The number of hydrogen-bond acceptors (Lipinski definition) is 7. The summed E-state index contributed by atoms with van der Waals surface area (Å²) in [6.45, 7) is 7.87. The summed E-state index contributed by atoms with van der Waals surface area (Å²) in [6, 6.07) is 0. The molecule has 3 fully saturated rings. The molecule has 3 N–H and O–H groups in total. The number of unbranched alkanes of at least 4 members (excludes halogenated alkanes) is 1. The third kappa shape index (κ3) is 4.55. The molecule has 0 spiro atoms. The van der Waals surface area contributed by atoms with Gasteiger partial charge >= 0.3 is 11.9 Å². The van der Waals surface area contributed by atoms with Crippen LogP contribution in [0.25, 0.3) is 0 Å². The van der Waals surface area contributed by atoms with E-state index in [4.69, 9.17) is 9.84 Å². The summed E-state index contributed by atoms with van der Waals surface area (Å²) < 4.78 is 21.9. The number of ketones is 2. The molecule has 0 aromatic rings. The van der Waals surface area contributed by atoms with Crippen molar-refractivity contribution in [1.82, 2.24) is 0 Å². The fourth-order valence-electron chi connectivity index (χ4n) is 7.75. The van der Waals surface area contributed by atoms with Crippen LogP contribution in [0.1, 0.15) is 79.6 Å². The number of hydrogen-bond donors (Lipinski definition) is 3. The molecule has 9 heteroatoms. The van der Waals surface area contributed by atoms with Gasteiger partial charge in [0.2, 0.25) is 5.78 Å². The topological polar surface area (TPSA) is 138 Å². The number of rotatable bonds is 6. The number of halogens is 1. The van der Waals surface area contributed by atoms with Crippen LogP contribution in [0.2, 0.25) is 0 Å². The van der Waals surface area contributed by atoms with E-state index in [0.717, 1.165) is 12.8 Å². The highest BCUT2D eigenvalue weighted by molar-refractivity contribution is 6.01. The predicted molar refractivity (Wildman–Crippen MR) is 137 cm³/mol. The number of fused-ring (bicyclic) bond motifs is 5. The number of carboxylic acids is 1. The predicted octanol–water partition coefficient (Wildman–Crippen LogP) is 3.73. The van der Waals surface area contributed by atoms with Crippen molar-refractivity contribution in [2.45, 2.75) is 96.9 Å². The molecule has 38 heavy (non-hydrogen) atoms. The van der Waals surface area contributed by atoms with Crippen molar-refractivity contribution in [3.8, 4) is 0 Å². The van der Waals surface area contributed by atoms with E-state index < -0.39 is 64.4 Å². The zero-order valence-electron chi connectivity index (χ0n) is 23.0. The molecule has 3 saturated carbocycles. The van der Waals surface area contributed by atoms with Gasteiger partial charge in [0.25, 0.3) is 0 Å². The van der Waals surface area contributed by atoms with E-state index in [1.165, 1.54) is 19.1 Å². The van der Waals surface area contributed by atoms with Crippen LogP contribution in [0.4, 0.5) is 4.39 Å². The summed E-state index contributed by atoms with van der Waals surface area (Å²) in [5.74, 6) is -3.50. The van der Waals surface area contributed by atoms with Gasteiger partial charge in [0.15, 0.2) is 18.1 Å². The minimum absolute atomic E-state index is 0.0953. The number of carbonyl (C=O) groups is 4. The van der Waals surface area contributed by atoms with Gasteiger partial charge in [-0.2, -0.15) is 0 Å². The maximum absolute atomic E-state index is 17.0. The summed E-state index contributed by atoms with van der Waals surface area (Å²) in [7, 11) is 0. The van der Waals surface area contributed by atoms with E-state index in [1.54, 1.807) is 26.8 Å². The third-order valence-corrected chi connectivity index (χ3v) is 9.80. The molecule has 0 heterocycles. The van der Waals surface area contributed by atoms with Crippen LogP contribution in [-0.4, -0.2) is 62.8 Å². The van der Waals surface area contributed by atoms with Gasteiger partial charge in [0.05, 0.1) is 6.10 Å². The van der Waals surface area contributed by atoms with Crippen molar-refractivity contribution in [3.63, 3.8) is 0 Å². The Balaban J connectivity index is 0.000000505. The van der Waals surface area contributed by atoms with Gasteiger partial charge in [-0.05, 0) is 63.0 Å². The van der Waals surface area contributed by atoms with E-state index in [2.05, 4.69) is 0 Å². The molecule has 0 radical (unpaired) electrons. The van der Waals surface area contributed by atoms with Gasteiger partial charge in [0, 0.05) is 30.1 Å². The van der Waals surface area contributed by atoms with Crippen LogP contribution in [0.3, 0.4) is 0 Å². The maximum Gasteiger partial charge on any atom is 0.303 e. The highest BCUT2D eigenvalue weighted by atomic mass is 19.1. The summed E-state index contributed by atoms with van der Waals surface area (Å²) >= 11 is 0. The fraction of sp³-hybridized carbons (Fsp3) is 0.724. The lowest BCUT2D eigenvalue weighted by molar-refractivity contribution is -0.219. The third-order valence-electron chi connectivity index (χ3n) is 9.80.